The predicted molar refractivity (Wildman–Crippen MR) is 82.5 cm³/mol. The van der Waals surface area contributed by atoms with Gasteiger partial charge in [-0.2, -0.15) is 0 Å². The summed E-state index contributed by atoms with van der Waals surface area (Å²) < 4.78 is 14.3. The van der Waals surface area contributed by atoms with E-state index >= 15 is 0 Å². The van der Waals surface area contributed by atoms with E-state index in [1.54, 1.807) is 0 Å². The summed E-state index contributed by atoms with van der Waals surface area (Å²) in [6.45, 7) is 0. The zero-order valence-electron chi connectivity index (χ0n) is 10.3. The number of nitro groups is 1. The number of nitrogens with one attached hydrogen (secondary N) is 1. The average molecular weight is 402 g/mol. The molecule has 21 heavy (non-hydrogen) atoms. The molecule has 0 unspecified atom stereocenters. The Balaban J connectivity index is 2.30. The minimum Gasteiger partial charge on any atom is -0.478 e. The smallest absolute Gasteiger partial charge is 0.335 e. The molecule has 0 fully saturated rings. The molecule has 0 aliphatic carbocycles. The number of halogens is 2. The van der Waals surface area contributed by atoms with Crippen LogP contribution in [0.2, 0.25) is 0 Å². The molecule has 2 aromatic carbocycles. The molecule has 0 radical (unpaired) electrons. The maximum absolute atomic E-state index is 13.8. The summed E-state index contributed by atoms with van der Waals surface area (Å²) in [5.41, 5.74) is 0.359. The van der Waals surface area contributed by atoms with Crippen LogP contribution < -0.4 is 5.32 Å². The van der Waals surface area contributed by atoms with Crippen LogP contribution in [-0.4, -0.2) is 16.0 Å². The predicted octanol–water partition coefficient (Wildman–Crippen LogP) is 3.78. The first-order valence-corrected chi connectivity index (χ1v) is 6.70. The molecule has 8 heteroatoms. The highest BCUT2D eigenvalue weighted by molar-refractivity contribution is 14.1. The van der Waals surface area contributed by atoms with Gasteiger partial charge in [0.05, 0.1) is 21.9 Å². The largest absolute Gasteiger partial charge is 0.478 e. The lowest BCUT2D eigenvalue weighted by molar-refractivity contribution is -0.384. The van der Waals surface area contributed by atoms with Crippen molar-refractivity contribution in [2.75, 3.05) is 5.32 Å². The fraction of sp³-hybridized carbons (Fsp3) is 0. The lowest BCUT2D eigenvalue weighted by Crippen LogP contribution is -2.01. The van der Waals surface area contributed by atoms with Crippen molar-refractivity contribution in [1.82, 2.24) is 0 Å². The van der Waals surface area contributed by atoms with Gasteiger partial charge >= 0.3 is 5.97 Å². The quantitative estimate of drug-likeness (QED) is 0.462. The normalized spacial score (nSPS) is 10.2. The summed E-state index contributed by atoms with van der Waals surface area (Å²) in [6.07, 6.45) is 0. The molecule has 0 bridgehead atoms. The van der Waals surface area contributed by atoms with Crippen LogP contribution in [0.1, 0.15) is 10.4 Å². The van der Waals surface area contributed by atoms with Crippen LogP contribution in [0.5, 0.6) is 0 Å². The van der Waals surface area contributed by atoms with Crippen molar-refractivity contribution in [3.8, 4) is 0 Å². The van der Waals surface area contributed by atoms with E-state index in [0.29, 0.717) is 9.26 Å². The first-order valence-electron chi connectivity index (χ1n) is 5.62. The summed E-state index contributed by atoms with van der Waals surface area (Å²) in [4.78, 5) is 20.9. The van der Waals surface area contributed by atoms with Gasteiger partial charge in [-0.05, 0) is 46.9 Å². The monoisotopic (exact) mass is 402 g/mol. The van der Waals surface area contributed by atoms with E-state index in [1.165, 1.54) is 30.3 Å². The summed E-state index contributed by atoms with van der Waals surface area (Å²) in [6, 6.07) is 7.59. The van der Waals surface area contributed by atoms with Gasteiger partial charge in [-0.15, -0.1) is 0 Å². The molecular weight excluding hydrogens is 394 g/mol. The Labute approximate surface area is 131 Å². The number of rotatable bonds is 4. The third kappa shape index (κ3) is 3.45. The van der Waals surface area contributed by atoms with Crippen LogP contribution in [-0.2, 0) is 0 Å². The van der Waals surface area contributed by atoms with Crippen molar-refractivity contribution in [2.45, 2.75) is 0 Å². The number of hydrogen-bond donors (Lipinski definition) is 2. The molecule has 0 aliphatic heterocycles. The van der Waals surface area contributed by atoms with Crippen molar-refractivity contribution < 1.29 is 19.2 Å². The second-order valence-corrected chi connectivity index (χ2v) is 5.21. The minimum absolute atomic E-state index is 0.0633. The first-order chi connectivity index (χ1) is 9.88. The lowest BCUT2D eigenvalue weighted by atomic mass is 10.2. The highest BCUT2D eigenvalue weighted by Crippen LogP contribution is 2.28. The van der Waals surface area contributed by atoms with Gasteiger partial charge in [-0.25, -0.2) is 9.18 Å². The van der Waals surface area contributed by atoms with Crippen LogP contribution in [0.4, 0.5) is 21.5 Å². The third-order valence-corrected chi connectivity index (χ3v) is 3.54. The number of non-ortho nitro benzene ring substituents is 1. The van der Waals surface area contributed by atoms with Crippen molar-refractivity contribution in [2.24, 2.45) is 0 Å². The molecule has 2 N–H and O–H groups in total. The summed E-state index contributed by atoms with van der Waals surface area (Å²) in [5.74, 6) is -1.94. The van der Waals surface area contributed by atoms with Crippen molar-refractivity contribution in [3.63, 3.8) is 0 Å². The molecule has 0 amide bonds. The maximum Gasteiger partial charge on any atom is 0.335 e. The Hall–Kier alpha value is -2.23. The van der Waals surface area contributed by atoms with Crippen LogP contribution in [0.3, 0.4) is 0 Å². The van der Waals surface area contributed by atoms with Gasteiger partial charge in [-0.1, -0.05) is 0 Å². The van der Waals surface area contributed by atoms with Crippen LogP contribution in [0.15, 0.2) is 36.4 Å². The second-order valence-electron chi connectivity index (χ2n) is 4.05. The molecule has 0 spiro atoms. The second kappa shape index (κ2) is 6.04. The Morgan fingerprint density at radius 2 is 1.90 bits per heavy atom. The van der Waals surface area contributed by atoms with E-state index in [0.717, 1.165) is 6.07 Å². The number of carboxylic acid groups (broad SMARTS) is 1. The number of anilines is 2. The standard InChI is InChI=1S/C13H8FIN2O4/c14-9-5-7(13(18)19)1-3-11(9)16-12-4-2-8(17(20)21)6-10(12)15/h1-6,16H,(H,18,19). The molecule has 0 atom stereocenters. The van der Waals surface area contributed by atoms with Crippen LogP contribution in [0.25, 0.3) is 0 Å². The van der Waals surface area contributed by atoms with Gasteiger partial charge in [0, 0.05) is 15.7 Å². The molecule has 0 aromatic heterocycles. The van der Waals surface area contributed by atoms with E-state index in [1.807, 2.05) is 22.6 Å². The number of aromatic carboxylic acids is 1. The van der Waals surface area contributed by atoms with E-state index in [-0.39, 0.29) is 16.9 Å². The van der Waals surface area contributed by atoms with Gasteiger partial charge in [-0.3, -0.25) is 10.1 Å². The fourth-order valence-corrected chi connectivity index (χ4v) is 2.25. The van der Waals surface area contributed by atoms with Gasteiger partial charge in [0.2, 0.25) is 0 Å². The van der Waals surface area contributed by atoms with Gasteiger partial charge in [0.25, 0.3) is 5.69 Å². The van der Waals surface area contributed by atoms with E-state index in [9.17, 15) is 19.3 Å². The molecule has 0 saturated heterocycles. The average Bonchev–Trinajstić information content (AvgIpc) is 2.42. The number of benzene rings is 2. The Bertz CT molecular complexity index is 675. The van der Waals surface area contributed by atoms with Crippen molar-refractivity contribution in [3.05, 3.63) is 61.5 Å². The maximum atomic E-state index is 13.8. The summed E-state index contributed by atoms with van der Waals surface area (Å²) >= 11 is 1.89. The lowest BCUT2D eigenvalue weighted by Gasteiger charge is -2.10. The van der Waals surface area contributed by atoms with Gasteiger partial charge < -0.3 is 10.4 Å². The highest BCUT2D eigenvalue weighted by atomic mass is 127. The summed E-state index contributed by atoms with van der Waals surface area (Å²) in [5, 5.41) is 22.2. The molecule has 108 valence electrons. The number of nitro benzene ring substituents is 1. The van der Waals surface area contributed by atoms with Crippen LogP contribution in [0, 0.1) is 19.5 Å². The Morgan fingerprint density at radius 3 is 2.43 bits per heavy atom. The van der Waals surface area contributed by atoms with E-state index < -0.39 is 16.7 Å². The fourth-order valence-electron chi connectivity index (χ4n) is 1.61. The number of nitrogens with zero attached hydrogens (tertiary/aromatic N) is 1. The van der Waals surface area contributed by atoms with Gasteiger partial charge in [0.1, 0.15) is 5.82 Å². The molecule has 2 aromatic rings. The topological polar surface area (TPSA) is 92.5 Å². The number of carbonyl (C=O) groups is 1. The Kier molecular flexibility index (Phi) is 4.36. The molecule has 0 heterocycles. The molecule has 2 rings (SSSR count). The third-order valence-electron chi connectivity index (χ3n) is 2.65. The van der Waals surface area contributed by atoms with Gasteiger partial charge in [0.15, 0.2) is 0 Å². The minimum atomic E-state index is -1.22. The molecular formula is C13H8FIN2O4. The first kappa shape index (κ1) is 15.2. The summed E-state index contributed by atoms with van der Waals surface area (Å²) in [7, 11) is 0. The Morgan fingerprint density at radius 1 is 1.24 bits per heavy atom. The SMILES string of the molecule is O=C(O)c1ccc(Nc2ccc([N+](=O)[O-])cc2I)c(F)c1. The number of carboxylic acids is 1. The van der Waals surface area contributed by atoms with Crippen molar-refractivity contribution >= 4 is 45.6 Å². The highest BCUT2D eigenvalue weighted by Gasteiger charge is 2.12. The van der Waals surface area contributed by atoms with E-state index in [4.69, 9.17) is 5.11 Å². The van der Waals surface area contributed by atoms with Crippen LogP contribution >= 0.6 is 22.6 Å². The number of hydrogen-bond acceptors (Lipinski definition) is 4. The molecule has 6 nitrogen and oxygen atoms in total. The van der Waals surface area contributed by atoms with Crippen molar-refractivity contribution in [1.29, 1.82) is 0 Å². The zero-order chi connectivity index (χ0) is 15.6. The van der Waals surface area contributed by atoms with E-state index in [2.05, 4.69) is 5.32 Å². The molecule has 0 aliphatic rings. The molecule has 0 saturated carbocycles. The zero-order valence-corrected chi connectivity index (χ0v) is 12.5.